The van der Waals surface area contributed by atoms with Crippen LogP contribution in [0.5, 0.6) is 0 Å². The molecule has 0 aromatic heterocycles. The van der Waals surface area contributed by atoms with Gasteiger partial charge in [-0.25, -0.2) is 0 Å². The quantitative estimate of drug-likeness (QED) is 0.541. The van der Waals surface area contributed by atoms with Crippen molar-refractivity contribution in [1.29, 1.82) is 0 Å². The fourth-order valence-electron chi connectivity index (χ4n) is 0.622. The van der Waals surface area contributed by atoms with E-state index in [1.807, 2.05) is 0 Å². The second kappa shape index (κ2) is 1.72. The average molecular weight is 189 g/mol. The third-order valence-electron chi connectivity index (χ3n) is 1.37. The van der Waals surface area contributed by atoms with Crippen LogP contribution < -0.4 is 0 Å². The van der Waals surface area contributed by atoms with Gasteiger partial charge in [-0.3, -0.25) is 0 Å². The maximum absolute atomic E-state index is 2.36. The standard InChI is InChI=1S/C5H9.Sn.H/c1-2-5-3-4-5;;/h2,5H,3-4H2,1H3;;. The Morgan fingerprint density at radius 3 is 2.17 bits per heavy atom. The fourth-order valence-corrected chi connectivity index (χ4v) is 1.72. The van der Waals surface area contributed by atoms with Gasteiger partial charge in [0.05, 0.1) is 0 Å². The van der Waals surface area contributed by atoms with Crippen LogP contribution in [0.2, 0.25) is 3.93 Å². The normalized spacial score (nSPS) is 27.0. The van der Waals surface area contributed by atoms with Crippen LogP contribution in [0, 0.1) is 5.92 Å². The molecule has 0 saturated heterocycles. The topological polar surface area (TPSA) is 0 Å². The van der Waals surface area contributed by atoms with Gasteiger partial charge in [-0.05, 0) is 0 Å². The van der Waals surface area contributed by atoms with Crippen LogP contribution in [0.1, 0.15) is 19.8 Å². The van der Waals surface area contributed by atoms with Gasteiger partial charge in [-0.2, -0.15) is 0 Å². The van der Waals surface area contributed by atoms with Gasteiger partial charge in [0, 0.05) is 0 Å². The number of rotatable bonds is 1. The minimum atomic E-state index is 1.09. The summed E-state index contributed by atoms with van der Waals surface area (Å²) in [4.78, 5) is 0. The molecule has 0 N–H and O–H groups in total. The van der Waals surface area contributed by atoms with Gasteiger partial charge in [-0.1, -0.05) is 0 Å². The summed E-state index contributed by atoms with van der Waals surface area (Å²) in [5.74, 6) is 1.16. The minimum absolute atomic E-state index is 1.09. The Bertz CT molecular complexity index is 45.9. The molecule has 34 valence electrons. The third-order valence-corrected chi connectivity index (χ3v) is 2.92. The zero-order valence-corrected chi connectivity index (χ0v) is 7.44. The SMILES string of the molecule is C[CH]([SnH])C1CC1. The molecule has 6 heavy (non-hydrogen) atoms. The van der Waals surface area contributed by atoms with Gasteiger partial charge in [0.15, 0.2) is 0 Å². The molecule has 0 nitrogen and oxygen atoms in total. The second-order valence-electron chi connectivity index (χ2n) is 2.20. The first kappa shape index (κ1) is 4.95. The summed E-state index contributed by atoms with van der Waals surface area (Å²) >= 11 is 1.47. The molecule has 1 heteroatoms. The van der Waals surface area contributed by atoms with E-state index in [9.17, 15) is 0 Å². The van der Waals surface area contributed by atoms with Gasteiger partial charge < -0.3 is 0 Å². The van der Waals surface area contributed by atoms with E-state index < -0.39 is 0 Å². The van der Waals surface area contributed by atoms with Crippen LogP contribution in [0.25, 0.3) is 0 Å². The molecule has 1 saturated carbocycles. The van der Waals surface area contributed by atoms with E-state index >= 15 is 0 Å². The van der Waals surface area contributed by atoms with Crippen molar-refractivity contribution >= 4 is 22.5 Å². The number of hydrogen-bond donors (Lipinski definition) is 0. The van der Waals surface area contributed by atoms with Crippen molar-refractivity contribution in [3.05, 3.63) is 0 Å². The third kappa shape index (κ3) is 1.14. The van der Waals surface area contributed by atoms with Gasteiger partial charge in [0.2, 0.25) is 0 Å². The molecule has 0 heterocycles. The summed E-state index contributed by atoms with van der Waals surface area (Å²) in [7, 11) is 0. The molecule has 0 aromatic carbocycles. The molecule has 0 amide bonds. The van der Waals surface area contributed by atoms with Crippen molar-refractivity contribution in [1.82, 2.24) is 0 Å². The van der Waals surface area contributed by atoms with E-state index in [-0.39, 0.29) is 0 Å². The van der Waals surface area contributed by atoms with Crippen molar-refractivity contribution in [2.75, 3.05) is 0 Å². The van der Waals surface area contributed by atoms with Crippen LogP contribution in [-0.4, -0.2) is 22.5 Å². The maximum atomic E-state index is 2.36. The molecule has 2 radical (unpaired) electrons. The van der Waals surface area contributed by atoms with Crippen LogP contribution in [0.3, 0.4) is 0 Å². The van der Waals surface area contributed by atoms with Gasteiger partial charge in [-0.15, -0.1) is 0 Å². The van der Waals surface area contributed by atoms with Gasteiger partial charge in [0.1, 0.15) is 0 Å². The molecular weight excluding hydrogens is 179 g/mol. The van der Waals surface area contributed by atoms with Crippen molar-refractivity contribution < 1.29 is 0 Å². The molecule has 1 fully saturated rings. The molecule has 0 aromatic rings. The van der Waals surface area contributed by atoms with Crippen molar-refractivity contribution in [3.8, 4) is 0 Å². The first-order valence-corrected chi connectivity index (χ1v) is 4.46. The molecular formula is C5H10Sn. The fraction of sp³-hybridized carbons (Fsp3) is 1.00. The van der Waals surface area contributed by atoms with Crippen LogP contribution >= 0.6 is 0 Å². The summed E-state index contributed by atoms with van der Waals surface area (Å²) in [6, 6.07) is 0. The molecule has 1 aliphatic carbocycles. The zero-order valence-electron chi connectivity index (χ0n) is 4.15. The molecule has 0 aliphatic heterocycles. The monoisotopic (exact) mass is 190 g/mol. The Labute approximate surface area is 52.4 Å². The summed E-state index contributed by atoms with van der Waals surface area (Å²) < 4.78 is 1.09. The van der Waals surface area contributed by atoms with Crippen molar-refractivity contribution in [2.45, 2.75) is 23.7 Å². The summed E-state index contributed by atoms with van der Waals surface area (Å²) in [6.07, 6.45) is 3.06. The second-order valence-corrected chi connectivity index (χ2v) is 5.20. The molecule has 1 atom stereocenters. The summed E-state index contributed by atoms with van der Waals surface area (Å²) in [5.41, 5.74) is 0. The Kier molecular flexibility index (Phi) is 1.42. The average Bonchev–Trinajstić information content (AvgIpc) is 2.06. The Hall–Kier alpha value is 0.799. The van der Waals surface area contributed by atoms with E-state index in [0.29, 0.717) is 0 Å². The van der Waals surface area contributed by atoms with Crippen LogP contribution in [0.15, 0.2) is 0 Å². The summed E-state index contributed by atoms with van der Waals surface area (Å²) in [6.45, 7) is 2.36. The zero-order chi connectivity index (χ0) is 4.57. The van der Waals surface area contributed by atoms with Crippen molar-refractivity contribution in [2.24, 2.45) is 5.92 Å². The van der Waals surface area contributed by atoms with Gasteiger partial charge >= 0.3 is 52.1 Å². The molecule has 0 bridgehead atoms. The molecule has 1 rings (SSSR count). The van der Waals surface area contributed by atoms with E-state index in [2.05, 4.69) is 6.92 Å². The van der Waals surface area contributed by atoms with Gasteiger partial charge in [0.25, 0.3) is 0 Å². The molecule has 1 aliphatic rings. The Morgan fingerprint density at radius 1 is 1.67 bits per heavy atom. The van der Waals surface area contributed by atoms with E-state index in [4.69, 9.17) is 0 Å². The van der Waals surface area contributed by atoms with E-state index in [0.717, 1.165) is 9.85 Å². The molecule has 0 spiro atoms. The Balaban J connectivity index is 2.13. The summed E-state index contributed by atoms with van der Waals surface area (Å²) in [5, 5.41) is 0. The first-order chi connectivity index (χ1) is 2.80. The predicted octanol–water partition coefficient (Wildman–Crippen LogP) is 1.11. The van der Waals surface area contributed by atoms with Crippen molar-refractivity contribution in [3.63, 3.8) is 0 Å². The predicted molar refractivity (Wildman–Crippen MR) is 29.3 cm³/mol. The van der Waals surface area contributed by atoms with E-state index in [1.165, 1.54) is 35.4 Å². The van der Waals surface area contributed by atoms with Crippen LogP contribution in [-0.2, 0) is 0 Å². The number of hydrogen-bond acceptors (Lipinski definition) is 0. The Morgan fingerprint density at radius 2 is 2.17 bits per heavy atom. The van der Waals surface area contributed by atoms with E-state index in [1.54, 1.807) is 0 Å². The molecule has 1 unspecified atom stereocenters. The van der Waals surface area contributed by atoms with Crippen LogP contribution in [0.4, 0.5) is 0 Å². The first-order valence-electron chi connectivity index (χ1n) is 2.56.